The lowest BCUT2D eigenvalue weighted by Crippen LogP contribution is -2.20. The first-order valence-corrected chi connectivity index (χ1v) is 10.00. The van der Waals surface area contributed by atoms with Crippen LogP contribution >= 0.6 is 11.6 Å². The molecule has 5 rings (SSSR count). The molecule has 0 amide bonds. The van der Waals surface area contributed by atoms with Crippen molar-refractivity contribution in [3.05, 3.63) is 76.6 Å². The largest absolute Gasteiger partial charge is 0.478 e. The number of nitrogens with one attached hydrogen (secondary N) is 1. The Morgan fingerprint density at radius 3 is 2.62 bits per heavy atom. The van der Waals surface area contributed by atoms with Crippen LogP contribution in [0.4, 0.5) is 13.2 Å². The number of carboxylic acids is 1. The zero-order valence-corrected chi connectivity index (χ0v) is 17.5. The number of carboxylic acid groups (broad SMARTS) is 1. The second-order valence-electron chi connectivity index (χ2n) is 7.22. The first-order chi connectivity index (χ1) is 16.2. The molecule has 0 unspecified atom stereocenters. The minimum absolute atomic E-state index is 0.0325. The number of pyridine rings is 1. The Balaban J connectivity index is 1.77. The zero-order chi connectivity index (χ0) is 24.2. The highest BCUT2D eigenvalue weighted by atomic mass is 35.5. The molecule has 3 aromatic heterocycles. The molecule has 0 fully saturated rings. The number of halogens is 4. The number of benzene rings is 2. The fourth-order valence-electron chi connectivity index (χ4n) is 3.79. The highest BCUT2D eigenvalue weighted by Gasteiger charge is 2.37. The summed E-state index contributed by atoms with van der Waals surface area (Å²) in [5, 5.41) is 20.2. The van der Waals surface area contributed by atoms with Gasteiger partial charge in [-0.25, -0.2) is 4.79 Å². The van der Waals surface area contributed by atoms with Gasteiger partial charge in [0.15, 0.2) is 0 Å². The van der Waals surface area contributed by atoms with Gasteiger partial charge >= 0.3 is 12.1 Å². The summed E-state index contributed by atoms with van der Waals surface area (Å²) in [6.07, 6.45) is -1.99. The van der Waals surface area contributed by atoms with E-state index >= 15 is 0 Å². The van der Waals surface area contributed by atoms with Crippen molar-refractivity contribution >= 4 is 45.4 Å². The Labute approximate surface area is 192 Å². The van der Waals surface area contributed by atoms with Crippen LogP contribution in [-0.4, -0.2) is 41.9 Å². The summed E-state index contributed by atoms with van der Waals surface area (Å²) in [7, 11) is 0. The van der Waals surface area contributed by atoms with E-state index in [1.165, 1.54) is 42.7 Å². The summed E-state index contributed by atoms with van der Waals surface area (Å²) in [6, 6.07) is 8.87. The van der Waals surface area contributed by atoms with E-state index in [9.17, 15) is 27.9 Å². The number of aromatic carboxylic acids is 1. The fraction of sp³-hybridized carbons (Fsp3) is 0.0455. The number of nitrogens with zero attached hydrogens (tertiary/aromatic N) is 4. The quantitative estimate of drug-likeness (QED) is 0.370. The van der Waals surface area contributed by atoms with Crippen molar-refractivity contribution in [1.29, 1.82) is 0 Å². The van der Waals surface area contributed by atoms with Crippen LogP contribution in [0.15, 0.2) is 54.9 Å². The standard InChI is InChI=1S/C22H11ClF3N5O3/c23-14-4-1-3-13(22(24,25)26)16(14)20(32)31-15-5-2-8-27-19(15)18(30-31)10-6-7-11(21(33)34)17-12(10)9-28-29-17/h1-9H,(H,28,29)(H,33,34). The van der Waals surface area contributed by atoms with Crippen molar-refractivity contribution in [1.82, 2.24) is 25.0 Å². The van der Waals surface area contributed by atoms with Crippen molar-refractivity contribution in [3.8, 4) is 11.3 Å². The van der Waals surface area contributed by atoms with Crippen molar-refractivity contribution in [2.24, 2.45) is 0 Å². The highest BCUT2D eigenvalue weighted by molar-refractivity contribution is 6.34. The molecule has 12 heteroatoms. The summed E-state index contributed by atoms with van der Waals surface area (Å²) >= 11 is 6.02. The average molecular weight is 486 g/mol. The van der Waals surface area contributed by atoms with Gasteiger partial charge in [0.25, 0.3) is 5.91 Å². The van der Waals surface area contributed by atoms with E-state index < -0.39 is 29.2 Å². The SMILES string of the molecule is O=C(O)c1ccc(-c2nn(C(=O)c3c(Cl)cccc3C(F)(F)F)c3cccnc23)c2cn[nH]c12. The van der Waals surface area contributed by atoms with Gasteiger partial charge in [-0.3, -0.25) is 14.9 Å². The van der Waals surface area contributed by atoms with Crippen molar-refractivity contribution in [3.63, 3.8) is 0 Å². The molecule has 2 N–H and O–H groups in total. The summed E-state index contributed by atoms with van der Waals surface area (Å²) in [4.78, 5) is 29.1. The Hall–Kier alpha value is -4.25. The third-order valence-corrected chi connectivity index (χ3v) is 5.58. The predicted molar refractivity (Wildman–Crippen MR) is 116 cm³/mol. The lowest BCUT2D eigenvalue weighted by atomic mass is 10.0. The predicted octanol–water partition coefficient (Wildman–Crippen LogP) is 5.03. The minimum atomic E-state index is -4.82. The van der Waals surface area contributed by atoms with Crippen molar-refractivity contribution in [2.45, 2.75) is 6.18 Å². The van der Waals surface area contributed by atoms with E-state index in [4.69, 9.17) is 11.6 Å². The van der Waals surface area contributed by atoms with E-state index in [0.29, 0.717) is 10.9 Å². The molecule has 0 aliphatic carbocycles. The van der Waals surface area contributed by atoms with E-state index in [2.05, 4.69) is 20.3 Å². The lowest BCUT2D eigenvalue weighted by Gasteiger charge is -2.13. The van der Waals surface area contributed by atoms with Gasteiger partial charge in [0.1, 0.15) is 11.2 Å². The van der Waals surface area contributed by atoms with Crippen LogP contribution in [0.5, 0.6) is 0 Å². The molecule has 170 valence electrons. The Morgan fingerprint density at radius 2 is 1.88 bits per heavy atom. The molecule has 3 heterocycles. The number of hydrogen-bond acceptors (Lipinski definition) is 5. The van der Waals surface area contributed by atoms with Gasteiger partial charge in [-0.1, -0.05) is 23.7 Å². The van der Waals surface area contributed by atoms with Gasteiger partial charge < -0.3 is 5.11 Å². The maximum Gasteiger partial charge on any atom is 0.417 e. The number of aromatic amines is 1. The van der Waals surface area contributed by atoms with E-state index in [1.54, 1.807) is 0 Å². The summed E-state index contributed by atoms with van der Waals surface area (Å²) in [5.74, 6) is -2.27. The maximum atomic E-state index is 13.6. The van der Waals surface area contributed by atoms with Gasteiger partial charge in [0.2, 0.25) is 0 Å². The Kier molecular flexibility index (Phi) is 4.87. The van der Waals surface area contributed by atoms with Crippen molar-refractivity contribution in [2.75, 3.05) is 0 Å². The van der Waals surface area contributed by atoms with Gasteiger partial charge in [-0.15, -0.1) is 0 Å². The Morgan fingerprint density at radius 1 is 1.09 bits per heavy atom. The molecule has 0 atom stereocenters. The lowest BCUT2D eigenvalue weighted by molar-refractivity contribution is -0.137. The molecule has 8 nitrogen and oxygen atoms in total. The third-order valence-electron chi connectivity index (χ3n) is 5.27. The van der Waals surface area contributed by atoms with Crippen LogP contribution < -0.4 is 0 Å². The number of aromatic nitrogens is 5. The molecule has 34 heavy (non-hydrogen) atoms. The van der Waals surface area contributed by atoms with E-state index in [1.807, 2.05) is 0 Å². The molecule has 0 radical (unpaired) electrons. The Bertz CT molecular complexity index is 1620. The van der Waals surface area contributed by atoms with Crippen LogP contribution in [0.1, 0.15) is 26.3 Å². The van der Waals surface area contributed by atoms with Crippen LogP contribution in [-0.2, 0) is 6.18 Å². The first kappa shape index (κ1) is 21.6. The summed E-state index contributed by atoms with van der Waals surface area (Å²) in [5.41, 5.74) is -0.827. The number of fused-ring (bicyclic) bond motifs is 2. The number of rotatable bonds is 3. The monoisotopic (exact) mass is 485 g/mol. The van der Waals surface area contributed by atoms with Crippen LogP contribution in [0.3, 0.4) is 0 Å². The maximum absolute atomic E-state index is 13.6. The molecule has 0 saturated carbocycles. The molecular weight excluding hydrogens is 475 g/mol. The molecular formula is C22H11ClF3N5O3. The molecule has 0 spiro atoms. The fourth-order valence-corrected chi connectivity index (χ4v) is 4.05. The van der Waals surface area contributed by atoms with Gasteiger partial charge in [-0.2, -0.15) is 28.1 Å². The normalized spacial score (nSPS) is 11.9. The first-order valence-electron chi connectivity index (χ1n) is 9.62. The number of H-pyrrole nitrogens is 1. The zero-order valence-electron chi connectivity index (χ0n) is 16.8. The second-order valence-corrected chi connectivity index (χ2v) is 7.63. The van der Waals surface area contributed by atoms with Crippen LogP contribution in [0, 0.1) is 0 Å². The van der Waals surface area contributed by atoms with Gasteiger partial charge in [0, 0.05) is 17.1 Å². The van der Waals surface area contributed by atoms with Gasteiger partial charge in [-0.05, 0) is 30.3 Å². The number of carbonyl (C=O) groups excluding carboxylic acids is 1. The highest BCUT2D eigenvalue weighted by Crippen LogP contribution is 2.37. The smallest absolute Gasteiger partial charge is 0.417 e. The van der Waals surface area contributed by atoms with Crippen LogP contribution in [0.25, 0.3) is 33.2 Å². The molecule has 5 aromatic rings. The summed E-state index contributed by atoms with van der Waals surface area (Å²) in [6.45, 7) is 0. The van der Waals surface area contributed by atoms with Crippen LogP contribution in [0.2, 0.25) is 5.02 Å². The third kappa shape index (κ3) is 3.28. The summed E-state index contributed by atoms with van der Waals surface area (Å²) < 4.78 is 41.7. The topological polar surface area (TPSA) is 114 Å². The number of alkyl halides is 3. The van der Waals surface area contributed by atoms with E-state index in [0.717, 1.165) is 16.8 Å². The minimum Gasteiger partial charge on any atom is -0.478 e. The van der Waals surface area contributed by atoms with Gasteiger partial charge in [0.05, 0.1) is 38.9 Å². The average Bonchev–Trinajstić information content (AvgIpc) is 3.42. The second kappa shape index (κ2) is 7.66. The molecule has 2 aromatic carbocycles. The van der Waals surface area contributed by atoms with E-state index in [-0.39, 0.29) is 32.8 Å². The molecule has 0 aliphatic heterocycles. The molecule has 0 saturated heterocycles. The molecule has 0 aliphatic rings. The van der Waals surface area contributed by atoms with Crippen molar-refractivity contribution < 1.29 is 27.9 Å². The number of carbonyl (C=O) groups is 2. The number of hydrogen-bond donors (Lipinski definition) is 2. The molecule has 0 bridgehead atoms.